The highest BCUT2D eigenvalue weighted by Crippen LogP contribution is 2.26. The SMILES string of the molecule is O=C(O)c1ccc(S(=O)(=O)Nc2nc3scc(-c4ccccc4)n3n2)cc1. The van der Waals surface area contributed by atoms with Crippen LogP contribution in [-0.2, 0) is 10.0 Å². The van der Waals surface area contributed by atoms with Crippen LogP contribution in [0.2, 0.25) is 0 Å². The van der Waals surface area contributed by atoms with Crippen LogP contribution in [0.25, 0.3) is 16.2 Å². The summed E-state index contributed by atoms with van der Waals surface area (Å²) >= 11 is 1.35. The number of benzene rings is 2. The molecule has 0 spiro atoms. The third kappa shape index (κ3) is 3.27. The number of sulfonamides is 1. The molecule has 4 rings (SSSR count). The number of nitrogens with zero attached hydrogens (tertiary/aromatic N) is 3. The van der Waals surface area contributed by atoms with Gasteiger partial charge in [-0.05, 0) is 24.3 Å². The molecule has 8 nitrogen and oxygen atoms in total. The zero-order valence-corrected chi connectivity index (χ0v) is 15.2. The average molecular weight is 400 g/mol. The lowest BCUT2D eigenvalue weighted by Gasteiger charge is -2.04. The second-order valence-electron chi connectivity index (χ2n) is 5.55. The van der Waals surface area contributed by atoms with Gasteiger partial charge in [-0.1, -0.05) is 30.3 Å². The van der Waals surface area contributed by atoms with Crippen molar-refractivity contribution in [1.29, 1.82) is 0 Å². The molecule has 0 aliphatic heterocycles. The highest BCUT2D eigenvalue weighted by molar-refractivity contribution is 7.92. The summed E-state index contributed by atoms with van der Waals surface area (Å²) in [4.78, 5) is 15.6. The molecular weight excluding hydrogens is 388 g/mol. The third-order valence-electron chi connectivity index (χ3n) is 3.79. The molecular formula is C17H12N4O4S2. The molecule has 0 saturated carbocycles. The van der Waals surface area contributed by atoms with Crippen LogP contribution < -0.4 is 4.72 Å². The fraction of sp³-hybridized carbons (Fsp3) is 0. The van der Waals surface area contributed by atoms with Crippen LogP contribution in [0.1, 0.15) is 10.4 Å². The highest BCUT2D eigenvalue weighted by Gasteiger charge is 2.19. The van der Waals surface area contributed by atoms with Gasteiger partial charge in [0, 0.05) is 10.9 Å². The Labute approximate surface area is 157 Å². The van der Waals surface area contributed by atoms with Crippen molar-refractivity contribution < 1.29 is 18.3 Å². The predicted octanol–water partition coefficient (Wildman–Crippen LogP) is 2.96. The Morgan fingerprint density at radius 1 is 1.07 bits per heavy atom. The first-order valence-electron chi connectivity index (χ1n) is 7.70. The summed E-state index contributed by atoms with van der Waals surface area (Å²) in [6.07, 6.45) is 0. The van der Waals surface area contributed by atoms with Gasteiger partial charge in [-0.15, -0.1) is 16.4 Å². The molecule has 27 heavy (non-hydrogen) atoms. The Bertz CT molecular complexity index is 1230. The van der Waals surface area contributed by atoms with Crippen molar-refractivity contribution in [3.05, 3.63) is 65.5 Å². The maximum absolute atomic E-state index is 12.5. The fourth-order valence-corrected chi connectivity index (χ4v) is 4.26. The normalized spacial score (nSPS) is 11.6. The number of rotatable bonds is 5. The van der Waals surface area contributed by atoms with Crippen LogP contribution in [0.3, 0.4) is 0 Å². The first-order valence-corrected chi connectivity index (χ1v) is 10.1. The first kappa shape index (κ1) is 17.2. The van der Waals surface area contributed by atoms with Crippen molar-refractivity contribution in [3.63, 3.8) is 0 Å². The smallest absolute Gasteiger partial charge is 0.335 e. The lowest BCUT2D eigenvalue weighted by atomic mass is 10.2. The maximum Gasteiger partial charge on any atom is 0.335 e. The average Bonchev–Trinajstić information content (AvgIpc) is 3.22. The van der Waals surface area contributed by atoms with Crippen molar-refractivity contribution in [2.75, 3.05) is 4.72 Å². The number of hydrogen-bond donors (Lipinski definition) is 2. The van der Waals surface area contributed by atoms with E-state index in [2.05, 4.69) is 14.8 Å². The van der Waals surface area contributed by atoms with E-state index in [-0.39, 0.29) is 16.4 Å². The summed E-state index contributed by atoms with van der Waals surface area (Å²) in [7, 11) is -3.94. The number of fused-ring (bicyclic) bond motifs is 1. The molecule has 10 heteroatoms. The van der Waals surface area contributed by atoms with E-state index in [0.29, 0.717) is 4.96 Å². The molecule has 0 atom stereocenters. The van der Waals surface area contributed by atoms with E-state index in [1.54, 1.807) is 4.52 Å². The van der Waals surface area contributed by atoms with Crippen molar-refractivity contribution >= 4 is 38.2 Å². The second-order valence-corrected chi connectivity index (χ2v) is 8.07. The minimum Gasteiger partial charge on any atom is -0.478 e. The molecule has 0 fully saturated rings. The van der Waals surface area contributed by atoms with Gasteiger partial charge < -0.3 is 5.11 Å². The second kappa shape index (κ2) is 6.49. The van der Waals surface area contributed by atoms with Crippen molar-refractivity contribution in [3.8, 4) is 11.3 Å². The van der Waals surface area contributed by atoms with Gasteiger partial charge in [0.1, 0.15) is 0 Å². The summed E-state index contributed by atoms with van der Waals surface area (Å²) in [5.41, 5.74) is 1.74. The monoisotopic (exact) mass is 400 g/mol. The minimum atomic E-state index is -3.94. The Kier molecular flexibility index (Phi) is 4.13. The number of anilines is 1. The molecule has 0 aliphatic rings. The van der Waals surface area contributed by atoms with E-state index in [9.17, 15) is 13.2 Å². The molecule has 0 aliphatic carbocycles. The first-order chi connectivity index (χ1) is 12.9. The van der Waals surface area contributed by atoms with E-state index in [1.165, 1.54) is 35.6 Å². The van der Waals surface area contributed by atoms with Crippen LogP contribution in [0, 0.1) is 0 Å². The Morgan fingerprint density at radius 2 is 1.78 bits per heavy atom. The maximum atomic E-state index is 12.5. The fourth-order valence-electron chi connectivity index (χ4n) is 2.49. The standard InChI is InChI=1S/C17H12N4O4S2/c22-15(23)12-6-8-13(9-7-12)27(24,25)20-16-18-17-21(19-16)14(10-26-17)11-4-2-1-3-5-11/h1-10H,(H,19,20)(H,22,23). The number of carboxylic acid groups (broad SMARTS) is 1. The van der Waals surface area contributed by atoms with Gasteiger partial charge in [0.25, 0.3) is 16.0 Å². The number of aromatic nitrogens is 3. The molecule has 4 aromatic rings. The summed E-state index contributed by atoms with van der Waals surface area (Å²) in [6, 6.07) is 14.5. The number of nitrogens with one attached hydrogen (secondary N) is 1. The number of carboxylic acids is 1. The van der Waals surface area contributed by atoms with Crippen LogP contribution in [-0.4, -0.2) is 34.1 Å². The van der Waals surface area contributed by atoms with Gasteiger partial charge in [0.05, 0.1) is 16.2 Å². The van der Waals surface area contributed by atoms with E-state index in [4.69, 9.17) is 5.11 Å². The van der Waals surface area contributed by atoms with Crippen LogP contribution in [0.15, 0.2) is 64.9 Å². The lowest BCUT2D eigenvalue weighted by Crippen LogP contribution is -2.14. The molecule has 0 unspecified atom stereocenters. The van der Waals surface area contributed by atoms with E-state index in [0.717, 1.165) is 11.3 Å². The summed E-state index contributed by atoms with van der Waals surface area (Å²) in [6.45, 7) is 0. The quantitative estimate of drug-likeness (QED) is 0.532. The molecule has 2 N–H and O–H groups in total. The summed E-state index contributed by atoms with van der Waals surface area (Å²) in [5.74, 6) is -1.18. The van der Waals surface area contributed by atoms with E-state index >= 15 is 0 Å². The zero-order chi connectivity index (χ0) is 19.0. The van der Waals surface area contributed by atoms with Gasteiger partial charge in [-0.2, -0.15) is 4.98 Å². The lowest BCUT2D eigenvalue weighted by molar-refractivity contribution is 0.0696. The molecule has 0 radical (unpaired) electrons. The summed E-state index contributed by atoms with van der Waals surface area (Å²) in [5, 5.41) is 15.0. The van der Waals surface area contributed by atoms with Gasteiger partial charge in [-0.25, -0.2) is 22.4 Å². The molecule has 0 bridgehead atoms. The van der Waals surface area contributed by atoms with Gasteiger partial charge >= 0.3 is 5.97 Å². The van der Waals surface area contributed by atoms with Crippen LogP contribution >= 0.6 is 11.3 Å². The Morgan fingerprint density at radius 3 is 2.44 bits per heavy atom. The molecule has 0 amide bonds. The number of aromatic carboxylic acids is 1. The zero-order valence-electron chi connectivity index (χ0n) is 13.6. The summed E-state index contributed by atoms with van der Waals surface area (Å²) < 4.78 is 28.9. The highest BCUT2D eigenvalue weighted by atomic mass is 32.2. The van der Waals surface area contributed by atoms with Crippen molar-refractivity contribution in [1.82, 2.24) is 14.6 Å². The minimum absolute atomic E-state index is 0.00193. The van der Waals surface area contributed by atoms with E-state index < -0.39 is 16.0 Å². The molecule has 0 saturated heterocycles. The third-order valence-corrected chi connectivity index (χ3v) is 5.95. The van der Waals surface area contributed by atoms with Crippen molar-refractivity contribution in [2.24, 2.45) is 0 Å². The van der Waals surface area contributed by atoms with Gasteiger partial charge in [-0.3, -0.25) is 0 Å². The number of carbonyl (C=O) groups is 1. The van der Waals surface area contributed by atoms with Gasteiger partial charge in [0.2, 0.25) is 4.96 Å². The van der Waals surface area contributed by atoms with Gasteiger partial charge in [0.15, 0.2) is 0 Å². The number of hydrogen-bond acceptors (Lipinski definition) is 6. The molecule has 136 valence electrons. The Hall–Kier alpha value is -3.24. The van der Waals surface area contributed by atoms with Crippen LogP contribution in [0.4, 0.5) is 5.95 Å². The molecule has 2 heterocycles. The largest absolute Gasteiger partial charge is 0.478 e. The van der Waals surface area contributed by atoms with E-state index in [1.807, 2.05) is 35.7 Å². The molecule has 2 aromatic heterocycles. The Balaban J connectivity index is 1.65. The topological polar surface area (TPSA) is 114 Å². The molecule has 2 aromatic carbocycles. The predicted molar refractivity (Wildman–Crippen MR) is 101 cm³/mol. The van der Waals surface area contributed by atoms with Crippen LogP contribution in [0.5, 0.6) is 0 Å². The number of thiazole rings is 1. The van der Waals surface area contributed by atoms with Crippen molar-refractivity contribution in [2.45, 2.75) is 4.90 Å².